The van der Waals surface area contributed by atoms with E-state index in [1.807, 2.05) is 0 Å². The zero-order valence-corrected chi connectivity index (χ0v) is 18.7. The fourth-order valence-corrected chi connectivity index (χ4v) is 8.70. The lowest BCUT2D eigenvalue weighted by molar-refractivity contribution is 0.405. The van der Waals surface area contributed by atoms with Crippen LogP contribution in [0.25, 0.3) is 0 Å². The van der Waals surface area contributed by atoms with Crippen LogP contribution in [0.3, 0.4) is 0 Å². The van der Waals surface area contributed by atoms with E-state index in [0.29, 0.717) is 5.75 Å². The van der Waals surface area contributed by atoms with E-state index in [4.69, 9.17) is 9.47 Å². The lowest BCUT2D eigenvalue weighted by Crippen LogP contribution is -2.23. The van der Waals surface area contributed by atoms with Crippen molar-refractivity contribution < 1.29 is 34.7 Å². The number of benzene rings is 2. The van der Waals surface area contributed by atoms with Gasteiger partial charge in [0.05, 0.1) is 46.5 Å². The van der Waals surface area contributed by atoms with Gasteiger partial charge in [0.15, 0.2) is 19.7 Å². The summed E-state index contributed by atoms with van der Waals surface area (Å²) in [6, 6.07) is 9.38. The van der Waals surface area contributed by atoms with Gasteiger partial charge in [0.1, 0.15) is 11.5 Å². The zero-order chi connectivity index (χ0) is 22.2. The van der Waals surface area contributed by atoms with E-state index < -0.39 is 40.7 Å². The van der Waals surface area contributed by atoms with Crippen LogP contribution in [-0.4, -0.2) is 56.2 Å². The van der Waals surface area contributed by atoms with Crippen molar-refractivity contribution in [1.29, 1.82) is 0 Å². The maximum Gasteiger partial charge on any atom is 0.262 e. The summed E-state index contributed by atoms with van der Waals surface area (Å²) < 4.78 is 87.4. The Kier molecular flexibility index (Phi) is 6.03. The molecule has 2 aromatic rings. The van der Waals surface area contributed by atoms with E-state index in [1.54, 1.807) is 6.07 Å². The molecule has 3 rings (SSSR count). The molecule has 0 saturated carbocycles. The van der Waals surface area contributed by atoms with Crippen molar-refractivity contribution in [3.8, 4) is 11.5 Å². The number of anilines is 1. The van der Waals surface area contributed by atoms with Crippen LogP contribution in [0.1, 0.15) is 6.42 Å². The number of sulfone groups is 2. The molecule has 0 aromatic heterocycles. The number of hydrogen-bond donors (Lipinski definition) is 1. The summed E-state index contributed by atoms with van der Waals surface area (Å²) in [5.41, 5.74) is 0.118. The SMILES string of the molecule is COc1ccc(OC)c(NS(=O)(=O)c2cccc(S(=O)(=O)[C@H]3CCS(=O)(=O)C3)c2)c1. The lowest BCUT2D eigenvalue weighted by Gasteiger charge is -2.14. The number of ether oxygens (including phenoxy) is 2. The average molecular weight is 476 g/mol. The smallest absolute Gasteiger partial charge is 0.262 e. The highest BCUT2D eigenvalue weighted by atomic mass is 32.2. The molecular weight excluding hydrogens is 454 g/mol. The zero-order valence-electron chi connectivity index (χ0n) is 16.2. The molecule has 0 radical (unpaired) electrons. The maximum absolute atomic E-state index is 12.9. The Labute approximate surface area is 175 Å². The van der Waals surface area contributed by atoms with Crippen LogP contribution in [-0.2, 0) is 29.7 Å². The van der Waals surface area contributed by atoms with E-state index in [2.05, 4.69) is 4.72 Å². The molecule has 30 heavy (non-hydrogen) atoms. The van der Waals surface area contributed by atoms with Gasteiger partial charge in [-0.25, -0.2) is 25.3 Å². The van der Waals surface area contributed by atoms with Crippen LogP contribution in [0.15, 0.2) is 52.3 Å². The van der Waals surface area contributed by atoms with Gasteiger partial charge in [0.25, 0.3) is 10.0 Å². The third-order valence-electron chi connectivity index (χ3n) is 4.72. The molecule has 0 unspecified atom stereocenters. The first kappa shape index (κ1) is 22.4. The van der Waals surface area contributed by atoms with Crippen LogP contribution in [0.2, 0.25) is 0 Å². The molecule has 1 saturated heterocycles. The number of hydrogen-bond acceptors (Lipinski definition) is 8. The van der Waals surface area contributed by atoms with Crippen molar-refractivity contribution in [2.24, 2.45) is 0 Å². The van der Waals surface area contributed by atoms with E-state index >= 15 is 0 Å². The van der Waals surface area contributed by atoms with E-state index in [1.165, 1.54) is 44.6 Å². The minimum absolute atomic E-state index is 0.0130. The minimum atomic E-state index is -4.17. The predicted molar refractivity (Wildman–Crippen MR) is 111 cm³/mol. The first-order valence-electron chi connectivity index (χ1n) is 8.78. The molecule has 1 fully saturated rings. The molecule has 12 heteroatoms. The Bertz CT molecular complexity index is 1270. The van der Waals surface area contributed by atoms with Crippen LogP contribution in [0.4, 0.5) is 5.69 Å². The van der Waals surface area contributed by atoms with Crippen LogP contribution in [0.5, 0.6) is 11.5 Å². The minimum Gasteiger partial charge on any atom is -0.497 e. The molecule has 1 heterocycles. The van der Waals surface area contributed by atoms with E-state index in [9.17, 15) is 25.3 Å². The second-order valence-corrected chi connectivity index (χ2v) is 12.9. The summed E-state index contributed by atoms with van der Waals surface area (Å²) in [7, 11) is -8.78. The van der Waals surface area contributed by atoms with Gasteiger partial charge in [-0.1, -0.05) is 6.07 Å². The van der Waals surface area contributed by atoms with Gasteiger partial charge in [0, 0.05) is 6.07 Å². The van der Waals surface area contributed by atoms with Crippen molar-refractivity contribution >= 4 is 35.4 Å². The van der Waals surface area contributed by atoms with Gasteiger partial charge in [-0.3, -0.25) is 4.72 Å². The molecule has 1 N–H and O–H groups in total. The number of rotatable bonds is 7. The van der Waals surface area contributed by atoms with Gasteiger partial charge >= 0.3 is 0 Å². The number of sulfonamides is 1. The van der Waals surface area contributed by atoms with Gasteiger partial charge in [-0.2, -0.15) is 0 Å². The third-order valence-corrected chi connectivity index (χ3v) is 10.3. The van der Waals surface area contributed by atoms with E-state index in [0.717, 1.165) is 6.07 Å². The van der Waals surface area contributed by atoms with Gasteiger partial charge in [-0.15, -0.1) is 0 Å². The topological polar surface area (TPSA) is 133 Å². The summed E-state index contributed by atoms with van der Waals surface area (Å²) in [5.74, 6) is -0.0240. The van der Waals surface area contributed by atoms with Crippen LogP contribution >= 0.6 is 0 Å². The predicted octanol–water partition coefficient (Wildman–Crippen LogP) is 1.47. The molecule has 1 aliphatic heterocycles. The summed E-state index contributed by atoms with van der Waals surface area (Å²) in [6.45, 7) is 0. The molecule has 1 aliphatic rings. The third kappa shape index (κ3) is 4.55. The highest BCUT2D eigenvalue weighted by Gasteiger charge is 2.38. The van der Waals surface area contributed by atoms with Crippen LogP contribution < -0.4 is 14.2 Å². The van der Waals surface area contributed by atoms with Crippen molar-refractivity contribution in [2.45, 2.75) is 21.5 Å². The summed E-state index contributed by atoms with van der Waals surface area (Å²) in [4.78, 5) is -0.528. The Morgan fingerprint density at radius 1 is 0.967 bits per heavy atom. The molecule has 9 nitrogen and oxygen atoms in total. The first-order valence-corrected chi connectivity index (χ1v) is 13.6. The van der Waals surface area contributed by atoms with Crippen molar-refractivity contribution in [2.75, 3.05) is 30.4 Å². The highest BCUT2D eigenvalue weighted by Crippen LogP contribution is 2.32. The lowest BCUT2D eigenvalue weighted by atomic mass is 10.3. The standard InChI is InChI=1S/C18H21NO8S3/c1-26-13-6-7-18(27-2)17(10-13)19-30(24,25)15-5-3-4-14(11-15)29(22,23)16-8-9-28(20,21)12-16/h3-7,10-11,16,19H,8-9,12H2,1-2H3/t16-/m0/s1. The van der Waals surface area contributed by atoms with E-state index in [-0.39, 0.29) is 33.4 Å². The normalized spacial score (nSPS) is 18.7. The Hall–Kier alpha value is -2.31. The fourth-order valence-electron chi connectivity index (χ4n) is 3.11. The second-order valence-electron chi connectivity index (χ2n) is 6.72. The Morgan fingerprint density at radius 3 is 2.27 bits per heavy atom. The molecule has 0 aliphatic carbocycles. The molecule has 0 bridgehead atoms. The molecule has 0 spiro atoms. The molecule has 0 amide bonds. The van der Waals surface area contributed by atoms with Crippen molar-refractivity contribution in [3.63, 3.8) is 0 Å². The first-order chi connectivity index (χ1) is 14.0. The Balaban J connectivity index is 1.96. The molecular formula is C18H21NO8S3. The largest absolute Gasteiger partial charge is 0.497 e. The van der Waals surface area contributed by atoms with Crippen molar-refractivity contribution in [3.05, 3.63) is 42.5 Å². The molecule has 164 valence electrons. The highest BCUT2D eigenvalue weighted by molar-refractivity contribution is 7.96. The summed E-state index contributed by atoms with van der Waals surface area (Å²) in [6.07, 6.45) is -0.0130. The average Bonchev–Trinajstić information content (AvgIpc) is 3.08. The van der Waals surface area contributed by atoms with Crippen LogP contribution in [0, 0.1) is 0 Å². The summed E-state index contributed by atoms with van der Waals surface area (Å²) >= 11 is 0. The van der Waals surface area contributed by atoms with Gasteiger partial charge < -0.3 is 9.47 Å². The molecule has 1 atom stereocenters. The van der Waals surface area contributed by atoms with Crippen molar-refractivity contribution in [1.82, 2.24) is 0 Å². The number of methoxy groups -OCH3 is 2. The quantitative estimate of drug-likeness (QED) is 0.636. The molecule has 2 aromatic carbocycles. The Morgan fingerprint density at radius 2 is 1.67 bits per heavy atom. The summed E-state index contributed by atoms with van der Waals surface area (Å²) in [5, 5.41) is -1.09. The monoisotopic (exact) mass is 475 g/mol. The second kappa shape index (κ2) is 8.08. The van der Waals surface area contributed by atoms with Gasteiger partial charge in [-0.05, 0) is 36.8 Å². The maximum atomic E-state index is 12.9. The van der Waals surface area contributed by atoms with Gasteiger partial charge in [0.2, 0.25) is 0 Å². The number of nitrogens with one attached hydrogen (secondary N) is 1. The fraction of sp³-hybridized carbons (Fsp3) is 0.333.